The molecular weight excluding hydrogens is 344 g/mol. The van der Waals surface area contributed by atoms with Gasteiger partial charge in [-0.3, -0.25) is 0 Å². The van der Waals surface area contributed by atoms with Gasteiger partial charge in [0.2, 0.25) is 16.7 Å². The van der Waals surface area contributed by atoms with Crippen LogP contribution in [0.1, 0.15) is 37.8 Å². The molecule has 0 bridgehead atoms. The molecule has 2 aromatic heterocycles. The highest BCUT2D eigenvalue weighted by Gasteiger charge is 2.25. The topological polar surface area (TPSA) is 112 Å². The first-order valence-electron chi connectivity index (χ1n) is 8.12. The number of nitrogens with one attached hydrogen (secondary N) is 1. The van der Waals surface area contributed by atoms with Crippen molar-refractivity contribution < 1.29 is 17.3 Å². The van der Waals surface area contributed by atoms with Crippen molar-refractivity contribution in [1.29, 1.82) is 5.26 Å². The number of oxazole rings is 1. The highest BCUT2D eigenvalue weighted by Crippen LogP contribution is 2.30. The van der Waals surface area contributed by atoms with E-state index in [-0.39, 0.29) is 28.5 Å². The van der Waals surface area contributed by atoms with Gasteiger partial charge in [-0.2, -0.15) is 10.2 Å². The molecule has 8 nitrogen and oxygen atoms in total. The summed E-state index contributed by atoms with van der Waals surface area (Å²) in [6, 6.07) is 5.06. The van der Waals surface area contributed by atoms with E-state index in [1.54, 1.807) is 0 Å². The molecule has 0 amide bonds. The second kappa shape index (κ2) is 6.90. The standard InChI is InChI=1S/C16H20N4O4S/c1-20(2)25(21,22)14-9-8-13(23-14)16-19-12(10-17)15(24-16)18-11-6-4-3-5-7-11/h8-9,11,18H,3-7H2,1-2H3. The number of rotatable bonds is 5. The highest BCUT2D eigenvalue weighted by atomic mass is 32.2. The number of hydrogen-bond donors (Lipinski definition) is 1. The summed E-state index contributed by atoms with van der Waals surface area (Å²) in [4.78, 5) is 4.11. The first-order valence-corrected chi connectivity index (χ1v) is 9.56. The third-order valence-corrected chi connectivity index (χ3v) is 5.89. The maximum absolute atomic E-state index is 12.1. The number of sulfonamides is 1. The first-order chi connectivity index (χ1) is 11.9. The van der Waals surface area contributed by atoms with Crippen LogP contribution in [0.4, 0.5) is 5.88 Å². The Morgan fingerprint density at radius 2 is 1.96 bits per heavy atom. The van der Waals surface area contributed by atoms with Crippen LogP contribution in [0.5, 0.6) is 0 Å². The van der Waals surface area contributed by atoms with Gasteiger partial charge >= 0.3 is 0 Å². The maximum atomic E-state index is 12.1. The Balaban J connectivity index is 1.86. The SMILES string of the molecule is CN(C)S(=O)(=O)c1ccc(-c2nc(C#N)c(NC3CCCCC3)o2)o1. The molecule has 9 heteroatoms. The first kappa shape index (κ1) is 17.5. The number of furan rings is 1. The van der Waals surface area contributed by atoms with E-state index in [0.29, 0.717) is 5.88 Å². The van der Waals surface area contributed by atoms with Gasteiger partial charge in [-0.1, -0.05) is 19.3 Å². The predicted molar refractivity (Wildman–Crippen MR) is 90.3 cm³/mol. The highest BCUT2D eigenvalue weighted by molar-refractivity contribution is 7.88. The Morgan fingerprint density at radius 3 is 2.60 bits per heavy atom. The molecule has 0 unspecified atom stereocenters. The van der Waals surface area contributed by atoms with Crippen LogP contribution in [0.25, 0.3) is 11.7 Å². The Kier molecular flexibility index (Phi) is 4.83. The van der Waals surface area contributed by atoms with Gasteiger partial charge in [0.25, 0.3) is 15.9 Å². The molecule has 0 aromatic carbocycles. The van der Waals surface area contributed by atoms with Gasteiger partial charge in [-0.25, -0.2) is 12.7 Å². The summed E-state index contributed by atoms with van der Waals surface area (Å²) >= 11 is 0. The van der Waals surface area contributed by atoms with Crippen LogP contribution in [0.2, 0.25) is 0 Å². The summed E-state index contributed by atoms with van der Waals surface area (Å²) in [5, 5.41) is 12.3. The van der Waals surface area contributed by atoms with Crippen LogP contribution in [-0.4, -0.2) is 37.8 Å². The van der Waals surface area contributed by atoms with Crippen LogP contribution in [0.3, 0.4) is 0 Å². The summed E-state index contributed by atoms with van der Waals surface area (Å²) < 4.78 is 36.2. The van der Waals surface area contributed by atoms with Crippen molar-refractivity contribution in [3.05, 3.63) is 17.8 Å². The molecule has 134 valence electrons. The fraction of sp³-hybridized carbons (Fsp3) is 0.500. The van der Waals surface area contributed by atoms with Crippen LogP contribution in [0.15, 0.2) is 26.1 Å². The van der Waals surface area contributed by atoms with Gasteiger partial charge in [0.15, 0.2) is 5.76 Å². The lowest BCUT2D eigenvalue weighted by molar-refractivity contribution is 0.421. The summed E-state index contributed by atoms with van der Waals surface area (Å²) in [5.74, 6) is 0.543. The number of nitriles is 1. The average molecular weight is 364 g/mol. The molecule has 1 fully saturated rings. The van der Waals surface area contributed by atoms with E-state index in [1.807, 2.05) is 6.07 Å². The lowest BCUT2D eigenvalue weighted by atomic mass is 9.95. The van der Waals surface area contributed by atoms with Crippen molar-refractivity contribution in [3.63, 3.8) is 0 Å². The number of hydrogen-bond acceptors (Lipinski definition) is 7. The van der Waals surface area contributed by atoms with E-state index in [2.05, 4.69) is 10.3 Å². The van der Waals surface area contributed by atoms with Gasteiger partial charge in [0.1, 0.15) is 6.07 Å². The fourth-order valence-electron chi connectivity index (χ4n) is 2.79. The normalized spacial score (nSPS) is 16.1. The maximum Gasteiger partial charge on any atom is 0.275 e. The van der Waals surface area contributed by atoms with Crippen molar-refractivity contribution in [2.24, 2.45) is 0 Å². The van der Waals surface area contributed by atoms with Gasteiger partial charge in [-0.05, 0) is 25.0 Å². The molecule has 0 spiro atoms. The van der Waals surface area contributed by atoms with E-state index in [9.17, 15) is 13.7 Å². The minimum Gasteiger partial charge on any atom is -0.438 e. The molecule has 0 atom stereocenters. The summed E-state index contributed by atoms with van der Waals surface area (Å²) in [5.41, 5.74) is 0.133. The van der Waals surface area contributed by atoms with Gasteiger partial charge < -0.3 is 14.2 Å². The van der Waals surface area contributed by atoms with Crippen LogP contribution in [0, 0.1) is 11.3 Å². The molecule has 2 aromatic rings. The van der Waals surface area contributed by atoms with E-state index >= 15 is 0 Å². The number of aromatic nitrogens is 1. The molecule has 1 N–H and O–H groups in total. The molecule has 3 rings (SSSR count). The zero-order valence-electron chi connectivity index (χ0n) is 14.2. The summed E-state index contributed by atoms with van der Waals surface area (Å²) in [6.45, 7) is 0. The molecular formula is C16H20N4O4S. The molecule has 0 aliphatic heterocycles. The lowest BCUT2D eigenvalue weighted by Gasteiger charge is -2.22. The second-order valence-corrected chi connectivity index (χ2v) is 8.28. The quantitative estimate of drug-likeness (QED) is 0.868. The molecule has 1 aliphatic carbocycles. The van der Waals surface area contributed by atoms with Crippen molar-refractivity contribution in [3.8, 4) is 17.7 Å². The molecule has 2 heterocycles. The Labute approximate surface area is 146 Å². The number of anilines is 1. The monoisotopic (exact) mass is 364 g/mol. The van der Waals surface area contributed by atoms with Gasteiger partial charge in [-0.15, -0.1) is 0 Å². The fourth-order valence-corrected chi connectivity index (χ4v) is 3.58. The zero-order valence-corrected chi connectivity index (χ0v) is 15.0. The van der Waals surface area contributed by atoms with Gasteiger partial charge in [0, 0.05) is 20.1 Å². The molecule has 25 heavy (non-hydrogen) atoms. The predicted octanol–water partition coefficient (Wildman–Crippen LogP) is 2.80. The van der Waals surface area contributed by atoms with Crippen molar-refractivity contribution in [1.82, 2.24) is 9.29 Å². The lowest BCUT2D eigenvalue weighted by Crippen LogP contribution is -2.22. The smallest absolute Gasteiger partial charge is 0.275 e. The third-order valence-electron chi connectivity index (χ3n) is 4.20. The second-order valence-electron chi connectivity index (χ2n) is 6.19. The zero-order chi connectivity index (χ0) is 18.0. The van der Waals surface area contributed by atoms with Crippen molar-refractivity contribution in [2.75, 3.05) is 19.4 Å². The summed E-state index contributed by atoms with van der Waals surface area (Å²) in [6.07, 6.45) is 5.55. The van der Waals surface area contributed by atoms with E-state index in [0.717, 1.165) is 30.0 Å². The van der Waals surface area contributed by atoms with Crippen LogP contribution in [-0.2, 0) is 10.0 Å². The summed E-state index contributed by atoms with van der Waals surface area (Å²) in [7, 11) is -0.840. The minimum atomic E-state index is -3.68. The van der Waals surface area contributed by atoms with Gasteiger partial charge in [0.05, 0.1) is 0 Å². The Hall–Kier alpha value is -2.31. The largest absolute Gasteiger partial charge is 0.438 e. The number of nitrogens with zero attached hydrogens (tertiary/aromatic N) is 3. The molecule has 0 radical (unpaired) electrons. The average Bonchev–Trinajstić information content (AvgIpc) is 3.22. The molecule has 1 saturated carbocycles. The van der Waals surface area contributed by atoms with E-state index in [1.165, 1.54) is 32.6 Å². The van der Waals surface area contributed by atoms with Crippen molar-refractivity contribution >= 4 is 15.9 Å². The van der Waals surface area contributed by atoms with Crippen molar-refractivity contribution in [2.45, 2.75) is 43.2 Å². The van der Waals surface area contributed by atoms with E-state index in [4.69, 9.17) is 8.83 Å². The molecule has 0 saturated heterocycles. The Bertz CT molecular complexity index is 886. The third kappa shape index (κ3) is 3.55. The minimum absolute atomic E-state index is 0.0788. The molecule has 1 aliphatic rings. The Morgan fingerprint density at radius 1 is 1.24 bits per heavy atom. The van der Waals surface area contributed by atoms with E-state index < -0.39 is 10.0 Å². The van der Waals surface area contributed by atoms with Crippen LogP contribution >= 0.6 is 0 Å². The van der Waals surface area contributed by atoms with Crippen LogP contribution < -0.4 is 5.32 Å².